The van der Waals surface area contributed by atoms with E-state index in [1.54, 1.807) is 0 Å². The SMILES string of the molecule is O=C(NCC(=O)N1CCCc2ccccc21)C1CCCCC1. The van der Waals surface area contributed by atoms with Crippen molar-refractivity contribution < 1.29 is 9.59 Å². The number of nitrogens with one attached hydrogen (secondary N) is 1. The predicted molar refractivity (Wildman–Crippen MR) is 86.7 cm³/mol. The number of amides is 2. The van der Waals surface area contributed by atoms with E-state index in [1.807, 2.05) is 23.1 Å². The van der Waals surface area contributed by atoms with E-state index in [9.17, 15) is 9.59 Å². The molecule has 1 aromatic rings. The zero-order chi connectivity index (χ0) is 15.4. The fourth-order valence-corrected chi connectivity index (χ4v) is 3.56. The van der Waals surface area contributed by atoms with Gasteiger partial charge in [-0.25, -0.2) is 0 Å². The number of aryl methyl sites for hydroxylation is 1. The Hall–Kier alpha value is -1.84. The molecule has 1 fully saturated rings. The molecule has 2 amide bonds. The van der Waals surface area contributed by atoms with Crippen molar-refractivity contribution in [3.8, 4) is 0 Å². The fraction of sp³-hybridized carbons (Fsp3) is 0.556. The minimum absolute atomic E-state index is 0.00342. The lowest BCUT2D eigenvalue weighted by Crippen LogP contribution is -2.44. The van der Waals surface area contributed by atoms with Crippen molar-refractivity contribution in [2.75, 3.05) is 18.0 Å². The Balaban J connectivity index is 1.57. The zero-order valence-corrected chi connectivity index (χ0v) is 13.0. The highest BCUT2D eigenvalue weighted by Crippen LogP contribution is 2.27. The summed E-state index contributed by atoms with van der Waals surface area (Å²) in [5, 5.41) is 2.85. The van der Waals surface area contributed by atoms with Crippen molar-refractivity contribution in [3.63, 3.8) is 0 Å². The van der Waals surface area contributed by atoms with Gasteiger partial charge in [0.2, 0.25) is 11.8 Å². The van der Waals surface area contributed by atoms with Crippen LogP contribution in [0.25, 0.3) is 0 Å². The van der Waals surface area contributed by atoms with Crippen molar-refractivity contribution >= 4 is 17.5 Å². The first-order valence-corrected chi connectivity index (χ1v) is 8.41. The van der Waals surface area contributed by atoms with Crippen LogP contribution in [-0.2, 0) is 16.0 Å². The number of carbonyl (C=O) groups is 2. The van der Waals surface area contributed by atoms with Gasteiger partial charge in [0.15, 0.2) is 0 Å². The topological polar surface area (TPSA) is 49.4 Å². The van der Waals surface area contributed by atoms with Crippen molar-refractivity contribution in [1.29, 1.82) is 0 Å². The summed E-state index contributed by atoms with van der Waals surface area (Å²) >= 11 is 0. The standard InChI is InChI=1S/C18H24N2O2/c21-17(13-19-18(22)15-8-2-1-3-9-15)20-12-6-10-14-7-4-5-11-16(14)20/h4-5,7,11,15H,1-3,6,8-10,12-13H2,(H,19,22). The zero-order valence-electron chi connectivity index (χ0n) is 13.0. The van der Waals surface area contributed by atoms with E-state index in [2.05, 4.69) is 11.4 Å². The molecule has 2 aliphatic rings. The monoisotopic (exact) mass is 300 g/mol. The van der Waals surface area contributed by atoms with Gasteiger partial charge in [0.1, 0.15) is 0 Å². The molecule has 0 spiro atoms. The van der Waals surface area contributed by atoms with E-state index in [1.165, 1.54) is 12.0 Å². The molecular weight excluding hydrogens is 276 g/mol. The van der Waals surface area contributed by atoms with Gasteiger partial charge in [0, 0.05) is 18.2 Å². The second kappa shape index (κ2) is 6.95. The van der Waals surface area contributed by atoms with E-state index in [-0.39, 0.29) is 24.3 Å². The number of rotatable bonds is 3. The summed E-state index contributed by atoms with van der Waals surface area (Å²) in [6.07, 6.45) is 7.43. The first-order valence-electron chi connectivity index (χ1n) is 8.41. The van der Waals surface area contributed by atoms with E-state index >= 15 is 0 Å². The van der Waals surface area contributed by atoms with Crippen LogP contribution >= 0.6 is 0 Å². The lowest BCUT2D eigenvalue weighted by Gasteiger charge is -2.30. The van der Waals surface area contributed by atoms with Crippen LogP contribution in [0.2, 0.25) is 0 Å². The quantitative estimate of drug-likeness (QED) is 0.933. The molecule has 1 saturated carbocycles. The predicted octanol–water partition coefficient (Wildman–Crippen LogP) is 2.66. The third kappa shape index (κ3) is 3.32. The highest BCUT2D eigenvalue weighted by molar-refractivity contribution is 5.97. The number of anilines is 1. The number of nitrogens with zero attached hydrogens (tertiary/aromatic N) is 1. The van der Waals surface area contributed by atoms with Gasteiger partial charge >= 0.3 is 0 Å². The number of hydrogen-bond donors (Lipinski definition) is 1. The van der Waals surface area contributed by atoms with Gasteiger partial charge in [-0.3, -0.25) is 9.59 Å². The van der Waals surface area contributed by atoms with Crippen LogP contribution in [0.5, 0.6) is 0 Å². The second-order valence-corrected chi connectivity index (χ2v) is 6.33. The largest absolute Gasteiger partial charge is 0.347 e. The van der Waals surface area contributed by atoms with Gasteiger partial charge < -0.3 is 10.2 Å². The van der Waals surface area contributed by atoms with Crippen LogP contribution in [0.4, 0.5) is 5.69 Å². The normalized spacial score (nSPS) is 18.6. The van der Waals surface area contributed by atoms with Gasteiger partial charge in [0.05, 0.1) is 6.54 Å². The van der Waals surface area contributed by atoms with Crippen LogP contribution in [0, 0.1) is 5.92 Å². The van der Waals surface area contributed by atoms with E-state index in [0.717, 1.165) is 50.8 Å². The van der Waals surface area contributed by atoms with Crippen LogP contribution in [0.15, 0.2) is 24.3 Å². The molecule has 1 N–H and O–H groups in total. The van der Waals surface area contributed by atoms with Crippen LogP contribution < -0.4 is 10.2 Å². The summed E-state index contributed by atoms with van der Waals surface area (Å²) < 4.78 is 0. The summed E-state index contributed by atoms with van der Waals surface area (Å²) in [5.41, 5.74) is 2.23. The molecule has 4 nitrogen and oxygen atoms in total. The minimum Gasteiger partial charge on any atom is -0.347 e. The summed E-state index contributed by atoms with van der Waals surface area (Å²) in [4.78, 5) is 26.4. The Morgan fingerprint density at radius 1 is 1.09 bits per heavy atom. The highest BCUT2D eigenvalue weighted by Gasteiger charge is 2.24. The summed E-state index contributed by atoms with van der Waals surface area (Å²) in [6.45, 7) is 0.860. The number of hydrogen-bond acceptors (Lipinski definition) is 2. The molecule has 22 heavy (non-hydrogen) atoms. The van der Waals surface area contributed by atoms with Crippen molar-refractivity contribution in [3.05, 3.63) is 29.8 Å². The Kier molecular flexibility index (Phi) is 4.76. The molecule has 0 radical (unpaired) electrons. The lowest BCUT2D eigenvalue weighted by atomic mass is 9.89. The Labute approximate surface area is 131 Å². The molecule has 1 heterocycles. The molecule has 118 valence electrons. The van der Waals surface area contributed by atoms with Crippen molar-refractivity contribution in [2.45, 2.75) is 44.9 Å². The molecule has 0 unspecified atom stereocenters. The summed E-state index contributed by atoms with van der Waals surface area (Å²) in [7, 11) is 0. The number of fused-ring (bicyclic) bond motifs is 1. The third-order valence-corrected chi connectivity index (χ3v) is 4.80. The van der Waals surface area contributed by atoms with E-state index in [4.69, 9.17) is 0 Å². The lowest BCUT2D eigenvalue weighted by molar-refractivity contribution is -0.128. The van der Waals surface area contributed by atoms with Crippen LogP contribution in [0.1, 0.15) is 44.1 Å². The van der Waals surface area contributed by atoms with Crippen molar-refractivity contribution in [2.24, 2.45) is 5.92 Å². The summed E-state index contributed by atoms with van der Waals surface area (Å²) in [5.74, 6) is 0.157. The van der Waals surface area contributed by atoms with Crippen LogP contribution in [-0.4, -0.2) is 24.9 Å². The maximum atomic E-state index is 12.5. The molecule has 1 aliphatic heterocycles. The molecule has 3 rings (SSSR count). The average Bonchev–Trinajstić information content (AvgIpc) is 2.59. The van der Waals surface area contributed by atoms with Gasteiger partial charge in [0.25, 0.3) is 0 Å². The Morgan fingerprint density at radius 3 is 2.68 bits per heavy atom. The molecule has 0 bridgehead atoms. The van der Waals surface area contributed by atoms with Gasteiger partial charge in [-0.1, -0.05) is 37.5 Å². The molecular formula is C18H24N2O2. The van der Waals surface area contributed by atoms with Gasteiger partial charge in [-0.15, -0.1) is 0 Å². The minimum atomic E-state index is -0.00342. The smallest absolute Gasteiger partial charge is 0.246 e. The molecule has 4 heteroatoms. The maximum absolute atomic E-state index is 12.5. The second-order valence-electron chi connectivity index (χ2n) is 6.33. The third-order valence-electron chi connectivity index (χ3n) is 4.80. The Bertz CT molecular complexity index is 550. The van der Waals surface area contributed by atoms with E-state index in [0.29, 0.717) is 0 Å². The van der Waals surface area contributed by atoms with Gasteiger partial charge in [-0.2, -0.15) is 0 Å². The van der Waals surface area contributed by atoms with Gasteiger partial charge in [-0.05, 0) is 37.3 Å². The molecule has 1 aromatic carbocycles. The maximum Gasteiger partial charge on any atom is 0.246 e. The fourth-order valence-electron chi connectivity index (χ4n) is 3.56. The summed E-state index contributed by atoms with van der Waals surface area (Å²) in [6, 6.07) is 8.05. The first-order chi connectivity index (χ1) is 10.8. The number of benzene rings is 1. The molecule has 0 atom stereocenters. The number of para-hydroxylation sites is 1. The van der Waals surface area contributed by atoms with E-state index < -0.39 is 0 Å². The highest BCUT2D eigenvalue weighted by atomic mass is 16.2. The molecule has 1 aliphatic carbocycles. The molecule has 0 saturated heterocycles. The molecule has 0 aromatic heterocycles. The Morgan fingerprint density at radius 2 is 1.86 bits per heavy atom. The number of carbonyl (C=O) groups excluding carboxylic acids is 2. The first kappa shape index (κ1) is 15.1. The van der Waals surface area contributed by atoms with Crippen LogP contribution in [0.3, 0.4) is 0 Å². The average molecular weight is 300 g/mol. The van der Waals surface area contributed by atoms with Crippen molar-refractivity contribution in [1.82, 2.24) is 5.32 Å².